The van der Waals surface area contributed by atoms with Gasteiger partial charge in [-0.15, -0.1) is 0 Å². The van der Waals surface area contributed by atoms with Gasteiger partial charge in [-0.25, -0.2) is 0 Å². The molecule has 30 heavy (non-hydrogen) atoms. The zero-order valence-electron chi connectivity index (χ0n) is 19.5. The predicted molar refractivity (Wildman–Crippen MR) is 127 cm³/mol. The molecule has 0 aliphatic carbocycles. The highest BCUT2D eigenvalue weighted by Gasteiger charge is 2.33. The second kappa shape index (κ2) is 8.43. The summed E-state index contributed by atoms with van der Waals surface area (Å²) in [4.78, 5) is 2.16. The molecule has 0 amide bonds. The van der Waals surface area contributed by atoms with Crippen molar-refractivity contribution >= 4 is 5.69 Å². The summed E-state index contributed by atoms with van der Waals surface area (Å²) in [6.45, 7) is 8.67. The minimum absolute atomic E-state index is 0.329. The first-order chi connectivity index (χ1) is 14.2. The number of aryl methyl sites for hydroxylation is 3. The van der Waals surface area contributed by atoms with Gasteiger partial charge in [0.15, 0.2) is 0 Å². The van der Waals surface area contributed by atoms with Crippen molar-refractivity contribution in [1.29, 1.82) is 0 Å². The Morgan fingerprint density at radius 1 is 0.667 bits per heavy atom. The van der Waals surface area contributed by atoms with E-state index in [1.807, 2.05) is 0 Å². The molecule has 3 heteroatoms. The number of ether oxygens (including phenoxy) is 2. The van der Waals surface area contributed by atoms with E-state index >= 15 is 0 Å². The SMILES string of the molecule is COc1ccc(C(C)(c2cc(C)cc(N(C)C)c2)c2ccc(OC)c(C)c2)cc1C. The lowest BCUT2D eigenvalue weighted by Crippen LogP contribution is -2.26. The zero-order chi connectivity index (χ0) is 22.1. The first kappa shape index (κ1) is 21.8. The Labute approximate surface area is 181 Å². The summed E-state index contributed by atoms with van der Waals surface area (Å²) in [5, 5.41) is 0. The van der Waals surface area contributed by atoms with Gasteiger partial charge in [-0.2, -0.15) is 0 Å². The maximum atomic E-state index is 5.52. The molecule has 0 bridgehead atoms. The van der Waals surface area contributed by atoms with Crippen molar-refractivity contribution in [2.24, 2.45) is 0 Å². The summed E-state index contributed by atoms with van der Waals surface area (Å²) in [5.74, 6) is 1.82. The Bertz CT molecular complexity index is 999. The highest BCUT2D eigenvalue weighted by Crippen LogP contribution is 2.42. The number of hydrogen-bond acceptors (Lipinski definition) is 3. The zero-order valence-corrected chi connectivity index (χ0v) is 19.5. The summed E-state index contributed by atoms with van der Waals surface area (Å²) in [5.41, 5.74) is 8.12. The standard InChI is InChI=1S/C27H33NO2/c1-18-13-23(17-24(14-18)28(5)6)27(4,21-9-11-25(29-7)19(2)15-21)22-10-12-26(30-8)20(3)16-22/h9-17H,1-8H3. The molecule has 0 heterocycles. The second-order valence-electron chi connectivity index (χ2n) is 8.45. The van der Waals surface area contributed by atoms with Crippen LogP contribution in [0.4, 0.5) is 5.69 Å². The minimum Gasteiger partial charge on any atom is -0.496 e. The largest absolute Gasteiger partial charge is 0.496 e. The van der Waals surface area contributed by atoms with E-state index in [1.54, 1.807) is 14.2 Å². The number of rotatable bonds is 6. The minimum atomic E-state index is -0.329. The van der Waals surface area contributed by atoms with E-state index in [1.165, 1.54) is 27.9 Å². The molecule has 3 rings (SSSR count). The first-order valence-corrected chi connectivity index (χ1v) is 10.3. The van der Waals surface area contributed by atoms with E-state index in [2.05, 4.69) is 101 Å². The van der Waals surface area contributed by atoms with Crippen molar-refractivity contribution in [3.8, 4) is 11.5 Å². The van der Waals surface area contributed by atoms with Gasteiger partial charge in [-0.1, -0.05) is 30.3 Å². The fourth-order valence-electron chi connectivity index (χ4n) is 4.19. The van der Waals surface area contributed by atoms with Gasteiger partial charge in [0.05, 0.1) is 14.2 Å². The third-order valence-electron chi connectivity index (χ3n) is 6.10. The van der Waals surface area contributed by atoms with Gasteiger partial charge in [-0.05, 0) is 85.3 Å². The van der Waals surface area contributed by atoms with Crippen molar-refractivity contribution in [3.63, 3.8) is 0 Å². The van der Waals surface area contributed by atoms with Crippen molar-refractivity contribution < 1.29 is 9.47 Å². The van der Waals surface area contributed by atoms with Crippen LogP contribution in [0.15, 0.2) is 54.6 Å². The number of anilines is 1. The van der Waals surface area contributed by atoms with Crippen LogP contribution in [0, 0.1) is 20.8 Å². The topological polar surface area (TPSA) is 21.7 Å². The van der Waals surface area contributed by atoms with E-state index in [4.69, 9.17) is 9.47 Å². The molecular formula is C27H33NO2. The van der Waals surface area contributed by atoms with Crippen LogP contribution < -0.4 is 14.4 Å². The van der Waals surface area contributed by atoms with Gasteiger partial charge in [0.25, 0.3) is 0 Å². The Kier molecular flexibility index (Phi) is 6.12. The molecule has 0 spiro atoms. The van der Waals surface area contributed by atoms with Crippen LogP contribution in [0.1, 0.15) is 40.3 Å². The van der Waals surface area contributed by atoms with E-state index in [9.17, 15) is 0 Å². The number of nitrogens with zero attached hydrogens (tertiary/aromatic N) is 1. The highest BCUT2D eigenvalue weighted by atomic mass is 16.5. The molecule has 0 aliphatic heterocycles. The summed E-state index contributed by atoms with van der Waals surface area (Å²) in [7, 11) is 7.62. The third-order valence-corrected chi connectivity index (χ3v) is 6.10. The Hall–Kier alpha value is -2.94. The average molecular weight is 404 g/mol. The average Bonchev–Trinajstić information content (AvgIpc) is 2.72. The van der Waals surface area contributed by atoms with Gasteiger partial charge >= 0.3 is 0 Å². The van der Waals surface area contributed by atoms with Gasteiger partial charge in [0, 0.05) is 25.2 Å². The molecule has 0 radical (unpaired) electrons. The molecule has 158 valence electrons. The lowest BCUT2D eigenvalue weighted by Gasteiger charge is -2.34. The summed E-state index contributed by atoms with van der Waals surface area (Å²) < 4.78 is 11.0. The van der Waals surface area contributed by atoms with Crippen molar-refractivity contribution in [3.05, 3.63) is 88.0 Å². The lowest BCUT2D eigenvalue weighted by atomic mass is 9.70. The normalized spacial score (nSPS) is 11.3. The molecule has 0 aromatic heterocycles. The number of hydrogen-bond donors (Lipinski definition) is 0. The molecule has 3 aromatic rings. The van der Waals surface area contributed by atoms with E-state index < -0.39 is 0 Å². The lowest BCUT2D eigenvalue weighted by molar-refractivity contribution is 0.411. The molecule has 0 fully saturated rings. The van der Waals surface area contributed by atoms with Gasteiger partial charge in [-0.3, -0.25) is 0 Å². The van der Waals surface area contributed by atoms with Crippen LogP contribution in [0.3, 0.4) is 0 Å². The van der Waals surface area contributed by atoms with Crippen LogP contribution in [-0.2, 0) is 5.41 Å². The van der Waals surface area contributed by atoms with Crippen molar-refractivity contribution in [2.45, 2.75) is 33.1 Å². The Balaban J connectivity index is 2.32. The molecule has 0 aliphatic rings. The van der Waals surface area contributed by atoms with Gasteiger partial charge < -0.3 is 14.4 Å². The Morgan fingerprint density at radius 2 is 1.17 bits per heavy atom. The quantitative estimate of drug-likeness (QED) is 0.468. The fraction of sp³-hybridized carbons (Fsp3) is 0.333. The summed E-state index contributed by atoms with van der Waals surface area (Å²) in [6.07, 6.45) is 0. The van der Waals surface area contributed by atoms with Gasteiger partial charge in [0.2, 0.25) is 0 Å². The fourth-order valence-corrected chi connectivity index (χ4v) is 4.19. The van der Waals surface area contributed by atoms with Crippen molar-refractivity contribution in [2.75, 3.05) is 33.2 Å². The maximum Gasteiger partial charge on any atom is 0.121 e. The second-order valence-corrected chi connectivity index (χ2v) is 8.45. The summed E-state index contributed by atoms with van der Waals surface area (Å²) in [6, 6.07) is 19.8. The van der Waals surface area contributed by atoms with E-state index in [0.29, 0.717) is 0 Å². The molecule has 3 aromatic carbocycles. The molecule has 0 saturated heterocycles. The van der Waals surface area contributed by atoms with Crippen LogP contribution in [0.25, 0.3) is 0 Å². The highest BCUT2D eigenvalue weighted by molar-refractivity contribution is 5.59. The number of benzene rings is 3. The van der Waals surface area contributed by atoms with Crippen LogP contribution in [-0.4, -0.2) is 28.3 Å². The molecule has 0 unspecified atom stereocenters. The Morgan fingerprint density at radius 3 is 1.57 bits per heavy atom. The predicted octanol–water partition coefficient (Wildman–Crippen LogP) is 6.05. The maximum absolute atomic E-state index is 5.52. The van der Waals surface area contributed by atoms with Crippen LogP contribution in [0.5, 0.6) is 11.5 Å². The molecular weight excluding hydrogens is 370 g/mol. The van der Waals surface area contributed by atoms with Crippen molar-refractivity contribution in [1.82, 2.24) is 0 Å². The smallest absolute Gasteiger partial charge is 0.121 e. The van der Waals surface area contributed by atoms with E-state index in [0.717, 1.165) is 22.6 Å². The molecule has 3 nitrogen and oxygen atoms in total. The monoisotopic (exact) mass is 403 g/mol. The summed E-state index contributed by atoms with van der Waals surface area (Å²) >= 11 is 0. The molecule has 0 atom stereocenters. The third kappa shape index (κ3) is 3.89. The molecule has 0 N–H and O–H groups in total. The van der Waals surface area contributed by atoms with Crippen LogP contribution in [0.2, 0.25) is 0 Å². The number of methoxy groups -OCH3 is 2. The van der Waals surface area contributed by atoms with E-state index in [-0.39, 0.29) is 5.41 Å². The van der Waals surface area contributed by atoms with Gasteiger partial charge in [0.1, 0.15) is 11.5 Å². The molecule has 0 saturated carbocycles. The van der Waals surface area contributed by atoms with Crippen LogP contribution >= 0.6 is 0 Å². The first-order valence-electron chi connectivity index (χ1n) is 10.3.